The standard InChI is InChI=1S/C15H19NO2S/c1-3-17-13-6-4-5-12(9-13)16-10-14-7-8-15(18-14)11-19-2/h4-9,16H,3,10-11H2,1-2H3. The van der Waals surface area contributed by atoms with Crippen LogP contribution in [0.25, 0.3) is 0 Å². The molecule has 0 atom stereocenters. The number of hydrogen-bond acceptors (Lipinski definition) is 4. The summed E-state index contributed by atoms with van der Waals surface area (Å²) in [5.74, 6) is 3.77. The molecule has 2 rings (SSSR count). The molecule has 1 heterocycles. The van der Waals surface area contributed by atoms with Crippen LogP contribution in [0.15, 0.2) is 40.8 Å². The largest absolute Gasteiger partial charge is 0.494 e. The molecule has 19 heavy (non-hydrogen) atoms. The lowest BCUT2D eigenvalue weighted by atomic mass is 10.3. The maximum Gasteiger partial charge on any atom is 0.123 e. The summed E-state index contributed by atoms with van der Waals surface area (Å²) in [4.78, 5) is 0. The fourth-order valence-corrected chi connectivity index (χ4v) is 2.23. The Morgan fingerprint density at radius 3 is 2.84 bits per heavy atom. The highest BCUT2D eigenvalue weighted by molar-refractivity contribution is 7.97. The molecule has 0 saturated heterocycles. The van der Waals surface area contributed by atoms with Crippen LogP contribution in [-0.4, -0.2) is 12.9 Å². The van der Waals surface area contributed by atoms with E-state index in [2.05, 4.69) is 11.6 Å². The number of ether oxygens (including phenoxy) is 1. The summed E-state index contributed by atoms with van der Waals surface area (Å²) in [5, 5.41) is 3.33. The topological polar surface area (TPSA) is 34.4 Å². The van der Waals surface area contributed by atoms with E-state index in [-0.39, 0.29) is 0 Å². The van der Waals surface area contributed by atoms with Crippen LogP contribution < -0.4 is 10.1 Å². The minimum Gasteiger partial charge on any atom is -0.494 e. The predicted octanol–water partition coefficient (Wildman–Crippen LogP) is 4.15. The predicted molar refractivity (Wildman–Crippen MR) is 80.9 cm³/mol. The van der Waals surface area contributed by atoms with Crippen LogP contribution >= 0.6 is 11.8 Å². The van der Waals surface area contributed by atoms with Crippen molar-refractivity contribution in [1.82, 2.24) is 0 Å². The molecule has 0 spiro atoms. The molecule has 0 unspecified atom stereocenters. The van der Waals surface area contributed by atoms with Crippen LogP contribution in [0, 0.1) is 0 Å². The van der Waals surface area contributed by atoms with Crippen LogP contribution in [0.5, 0.6) is 5.75 Å². The van der Waals surface area contributed by atoms with E-state index in [1.165, 1.54) is 0 Å². The van der Waals surface area contributed by atoms with Gasteiger partial charge in [0, 0.05) is 11.8 Å². The van der Waals surface area contributed by atoms with Gasteiger partial charge in [-0.1, -0.05) is 6.07 Å². The molecule has 0 aliphatic heterocycles. The SMILES string of the molecule is CCOc1cccc(NCc2ccc(CSC)o2)c1. The van der Waals surface area contributed by atoms with Crippen LogP contribution in [0.3, 0.4) is 0 Å². The minimum atomic E-state index is 0.680. The Morgan fingerprint density at radius 2 is 2.05 bits per heavy atom. The highest BCUT2D eigenvalue weighted by Crippen LogP contribution is 2.19. The van der Waals surface area contributed by atoms with Gasteiger partial charge in [0.2, 0.25) is 0 Å². The number of nitrogens with one attached hydrogen (secondary N) is 1. The summed E-state index contributed by atoms with van der Waals surface area (Å²) in [5.41, 5.74) is 1.04. The zero-order valence-corrected chi connectivity index (χ0v) is 12.1. The van der Waals surface area contributed by atoms with Gasteiger partial charge in [0.15, 0.2) is 0 Å². The first-order chi connectivity index (χ1) is 9.31. The molecule has 3 nitrogen and oxygen atoms in total. The molecule has 1 aromatic heterocycles. The number of hydrogen-bond donors (Lipinski definition) is 1. The van der Waals surface area contributed by atoms with Crippen molar-refractivity contribution in [2.45, 2.75) is 19.2 Å². The maximum absolute atomic E-state index is 5.71. The first kappa shape index (κ1) is 13.9. The third-order valence-corrected chi connectivity index (χ3v) is 3.19. The highest BCUT2D eigenvalue weighted by Gasteiger charge is 2.02. The van der Waals surface area contributed by atoms with Crippen LogP contribution in [0.2, 0.25) is 0 Å². The van der Waals surface area contributed by atoms with Gasteiger partial charge in [-0.25, -0.2) is 0 Å². The van der Waals surface area contributed by atoms with Crippen LogP contribution in [-0.2, 0) is 12.3 Å². The summed E-state index contributed by atoms with van der Waals surface area (Å²) < 4.78 is 11.2. The Labute approximate surface area is 118 Å². The maximum atomic E-state index is 5.71. The minimum absolute atomic E-state index is 0.680. The van der Waals surface area contributed by atoms with Crippen LogP contribution in [0.4, 0.5) is 5.69 Å². The Morgan fingerprint density at radius 1 is 1.21 bits per heavy atom. The normalized spacial score (nSPS) is 10.4. The van der Waals surface area contributed by atoms with E-state index in [0.717, 1.165) is 28.7 Å². The van der Waals surface area contributed by atoms with Gasteiger partial charge < -0.3 is 14.5 Å². The molecule has 0 amide bonds. The smallest absolute Gasteiger partial charge is 0.123 e. The van der Waals surface area contributed by atoms with E-state index >= 15 is 0 Å². The molecule has 1 aromatic carbocycles. The van der Waals surface area contributed by atoms with E-state index in [1.54, 1.807) is 11.8 Å². The van der Waals surface area contributed by atoms with Crippen molar-refractivity contribution < 1.29 is 9.15 Å². The van der Waals surface area contributed by atoms with Gasteiger partial charge in [-0.05, 0) is 37.4 Å². The molecular formula is C15H19NO2S. The second-order valence-electron chi connectivity index (χ2n) is 4.12. The second kappa shape index (κ2) is 7.14. The van der Waals surface area contributed by atoms with Gasteiger partial charge in [-0.15, -0.1) is 0 Å². The summed E-state index contributed by atoms with van der Waals surface area (Å²) in [6, 6.07) is 12.0. The van der Waals surface area contributed by atoms with Gasteiger partial charge in [0.25, 0.3) is 0 Å². The van der Waals surface area contributed by atoms with Gasteiger partial charge in [0.1, 0.15) is 17.3 Å². The first-order valence-electron chi connectivity index (χ1n) is 6.35. The zero-order chi connectivity index (χ0) is 13.5. The van der Waals surface area contributed by atoms with Gasteiger partial charge in [-0.3, -0.25) is 0 Å². The zero-order valence-electron chi connectivity index (χ0n) is 11.3. The molecule has 0 aliphatic carbocycles. The average molecular weight is 277 g/mol. The molecule has 102 valence electrons. The van der Waals surface area contributed by atoms with Gasteiger partial charge >= 0.3 is 0 Å². The Bertz CT molecular complexity index is 510. The summed E-state index contributed by atoms with van der Waals surface area (Å²) >= 11 is 1.76. The Hall–Kier alpha value is -1.55. The fraction of sp³-hybridized carbons (Fsp3) is 0.333. The van der Waals surface area contributed by atoms with Gasteiger partial charge in [0.05, 0.1) is 18.9 Å². The lowest BCUT2D eigenvalue weighted by Gasteiger charge is -2.07. The van der Waals surface area contributed by atoms with Gasteiger partial charge in [-0.2, -0.15) is 11.8 Å². The second-order valence-corrected chi connectivity index (χ2v) is 4.98. The van der Waals surface area contributed by atoms with Crippen molar-refractivity contribution in [2.24, 2.45) is 0 Å². The van der Waals surface area contributed by atoms with Crippen molar-refractivity contribution >= 4 is 17.4 Å². The fourth-order valence-electron chi connectivity index (χ4n) is 1.79. The molecule has 0 aliphatic rings. The molecule has 0 radical (unpaired) electrons. The van der Waals surface area contributed by atoms with E-state index in [9.17, 15) is 0 Å². The summed E-state index contributed by atoms with van der Waals surface area (Å²) in [6.07, 6.45) is 2.07. The third-order valence-electron chi connectivity index (χ3n) is 2.62. The number of rotatable bonds is 7. The van der Waals surface area contributed by atoms with E-state index in [4.69, 9.17) is 9.15 Å². The number of furan rings is 1. The van der Waals surface area contributed by atoms with Crippen molar-refractivity contribution in [1.29, 1.82) is 0 Å². The summed E-state index contributed by atoms with van der Waals surface area (Å²) in [7, 11) is 0. The van der Waals surface area contributed by atoms with Crippen molar-refractivity contribution in [3.8, 4) is 5.75 Å². The first-order valence-corrected chi connectivity index (χ1v) is 7.74. The molecule has 0 fully saturated rings. The Balaban J connectivity index is 1.91. The summed E-state index contributed by atoms with van der Waals surface area (Å²) in [6.45, 7) is 3.35. The van der Waals surface area contributed by atoms with E-state index in [0.29, 0.717) is 13.2 Å². The average Bonchev–Trinajstić information content (AvgIpc) is 2.86. The number of benzene rings is 1. The quantitative estimate of drug-likeness (QED) is 0.824. The molecule has 4 heteroatoms. The lowest BCUT2D eigenvalue weighted by Crippen LogP contribution is -1.99. The monoisotopic (exact) mass is 277 g/mol. The van der Waals surface area contributed by atoms with Crippen molar-refractivity contribution in [3.05, 3.63) is 47.9 Å². The van der Waals surface area contributed by atoms with Crippen molar-refractivity contribution in [3.63, 3.8) is 0 Å². The molecule has 0 bridgehead atoms. The van der Waals surface area contributed by atoms with Crippen LogP contribution in [0.1, 0.15) is 18.4 Å². The number of anilines is 1. The van der Waals surface area contributed by atoms with E-state index in [1.807, 2.05) is 43.3 Å². The molecule has 1 N–H and O–H groups in total. The molecule has 0 saturated carbocycles. The lowest BCUT2D eigenvalue weighted by molar-refractivity contribution is 0.340. The number of thioether (sulfide) groups is 1. The highest BCUT2D eigenvalue weighted by atomic mass is 32.2. The van der Waals surface area contributed by atoms with E-state index < -0.39 is 0 Å². The Kier molecular flexibility index (Phi) is 5.21. The molecule has 2 aromatic rings. The molecular weight excluding hydrogens is 258 g/mol. The third kappa shape index (κ3) is 4.24. The van der Waals surface area contributed by atoms with Crippen molar-refractivity contribution in [2.75, 3.05) is 18.2 Å².